The zero-order chi connectivity index (χ0) is 22.2. The number of hydrogen-bond acceptors (Lipinski definition) is 6. The lowest BCUT2D eigenvalue weighted by Gasteiger charge is -2.48. The van der Waals surface area contributed by atoms with E-state index in [0.29, 0.717) is 22.6 Å². The number of carbonyl (C=O) groups excluding carboxylic acids is 4. The van der Waals surface area contributed by atoms with E-state index < -0.39 is 35.1 Å². The van der Waals surface area contributed by atoms with Crippen molar-refractivity contribution in [2.24, 2.45) is 5.41 Å². The van der Waals surface area contributed by atoms with Crippen LogP contribution in [0.15, 0.2) is 48.5 Å². The maximum Gasteiger partial charge on any atom is 0.328 e. The van der Waals surface area contributed by atoms with Crippen LogP contribution in [0.25, 0.3) is 0 Å². The third kappa shape index (κ3) is 3.15. The summed E-state index contributed by atoms with van der Waals surface area (Å²) in [5.74, 6) is -2.34. The smallest absolute Gasteiger partial charge is 0.328 e. The minimum Gasteiger partial charge on any atom is -0.496 e. The average Bonchev–Trinajstić information content (AvgIpc) is 2.77. The summed E-state index contributed by atoms with van der Waals surface area (Å²) in [6.07, 6.45) is -0.0812. The number of urea groups is 1. The molecule has 2 fully saturated rings. The highest BCUT2D eigenvalue weighted by molar-refractivity contribution is 6.21. The van der Waals surface area contributed by atoms with Gasteiger partial charge in [-0.2, -0.15) is 0 Å². The monoisotopic (exact) mass is 422 g/mol. The number of rotatable bonds is 4. The van der Waals surface area contributed by atoms with Crippen molar-refractivity contribution in [2.75, 3.05) is 14.2 Å². The van der Waals surface area contributed by atoms with E-state index in [2.05, 4.69) is 10.6 Å². The Morgan fingerprint density at radius 3 is 1.58 bits per heavy atom. The van der Waals surface area contributed by atoms with Crippen LogP contribution >= 0.6 is 0 Å². The second kappa shape index (κ2) is 7.86. The molecule has 1 spiro atoms. The summed E-state index contributed by atoms with van der Waals surface area (Å²) >= 11 is 0. The van der Waals surface area contributed by atoms with E-state index >= 15 is 0 Å². The number of ether oxygens (including phenoxy) is 2. The summed E-state index contributed by atoms with van der Waals surface area (Å²) in [5, 5.41) is 4.51. The molecule has 1 saturated carbocycles. The Bertz CT molecular complexity index is 998. The zero-order valence-corrected chi connectivity index (χ0v) is 17.1. The number of benzene rings is 2. The molecule has 4 amide bonds. The first kappa shape index (κ1) is 20.6. The van der Waals surface area contributed by atoms with Gasteiger partial charge >= 0.3 is 6.03 Å². The molecule has 2 aliphatic rings. The summed E-state index contributed by atoms with van der Waals surface area (Å²) in [5.41, 5.74) is -0.638. The van der Waals surface area contributed by atoms with Crippen LogP contribution in [0.1, 0.15) is 35.8 Å². The van der Waals surface area contributed by atoms with Crippen molar-refractivity contribution in [3.63, 3.8) is 0 Å². The van der Waals surface area contributed by atoms with Crippen molar-refractivity contribution in [1.29, 1.82) is 0 Å². The lowest BCUT2D eigenvalue weighted by molar-refractivity contribution is -0.151. The van der Waals surface area contributed by atoms with Gasteiger partial charge in [0.05, 0.1) is 14.2 Å². The first-order valence-corrected chi connectivity index (χ1v) is 9.87. The number of hydrogen-bond donors (Lipinski definition) is 2. The number of nitrogens with one attached hydrogen (secondary N) is 2. The summed E-state index contributed by atoms with van der Waals surface area (Å²) in [6.45, 7) is 0. The fourth-order valence-electron chi connectivity index (χ4n) is 4.90. The number of carbonyl (C=O) groups is 4. The summed E-state index contributed by atoms with van der Waals surface area (Å²) < 4.78 is 11.0. The highest BCUT2D eigenvalue weighted by Crippen LogP contribution is 2.57. The molecule has 2 aromatic carbocycles. The molecular formula is C23H22N2O6. The van der Waals surface area contributed by atoms with E-state index in [0.717, 1.165) is 0 Å². The Balaban J connectivity index is 2.00. The SMILES string of the molecule is COc1ccccc1C1CC(=O)CC(c2ccccc2OC)C12C(=O)NC(=O)NC2=O. The second-order valence-corrected chi connectivity index (χ2v) is 7.64. The molecule has 160 valence electrons. The molecule has 8 heteroatoms. The van der Waals surface area contributed by atoms with Crippen molar-refractivity contribution in [3.8, 4) is 11.5 Å². The summed E-state index contributed by atoms with van der Waals surface area (Å²) in [7, 11) is 2.97. The molecule has 0 aromatic heterocycles. The molecule has 1 aliphatic carbocycles. The van der Waals surface area contributed by atoms with Gasteiger partial charge < -0.3 is 9.47 Å². The minimum atomic E-state index is -1.74. The average molecular weight is 422 g/mol. The molecule has 1 aliphatic heterocycles. The summed E-state index contributed by atoms with van der Waals surface area (Å²) in [4.78, 5) is 51.8. The Labute approximate surface area is 178 Å². The van der Waals surface area contributed by atoms with E-state index in [9.17, 15) is 19.2 Å². The Morgan fingerprint density at radius 2 is 1.16 bits per heavy atom. The molecule has 8 nitrogen and oxygen atoms in total. The predicted molar refractivity (Wildman–Crippen MR) is 110 cm³/mol. The van der Waals surface area contributed by atoms with Crippen LogP contribution in [0.2, 0.25) is 0 Å². The molecular weight excluding hydrogens is 400 g/mol. The normalized spacial score (nSPS) is 22.6. The Hall–Kier alpha value is -3.68. The molecule has 2 aromatic rings. The number of Topliss-reactive ketones (excluding diaryl/α,β-unsaturated/α-hetero) is 1. The van der Waals surface area contributed by atoms with E-state index in [4.69, 9.17) is 9.47 Å². The van der Waals surface area contributed by atoms with E-state index in [1.807, 2.05) is 0 Å². The molecule has 1 heterocycles. The van der Waals surface area contributed by atoms with E-state index in [1.54, 1.807) is 48.5 Å². The van der Waals surface area contributed by atoms with Gasteiger partial charge in [-0.3, -0.25) is 25.0 Å². The van der Waals surface area contributed by atoms with E-state index in [1.165, 1.54) is 14.2 Å². The molecule has 0 radical (unpaired) electrons. The third-order valence-electron chi connectivity index (χ3n) is 6.20. The highest BCUT2D eigenvalue weighted by Gasteiger charge is 2.64. The summed E-state index contributed by atoms with van der Waals surface area (Å²) in [6, 6.07) is 13.1. The number of methoxy groups -OCH3 is 2. The molecule has 4 rings (SSSR count). The first-order valence-electron chi connectivity index (χ1n) is 9.87. The number of barbiturate groups is 1. The Kier molecular flexibility index (Phi) is 5.22. The lowest BCUT2D eigenvalue weighted by Crippen LogP contribution is -2.67. The number of amides is 4. The van der Waals surface area contributed by atoms with Gasteiger partial charge in [-0.25, -0.2) is 4.79 Å². The standard InChI is InChI=1S/C23H22N2O6/c1-30-18-9-5-3-7-14(18)16-11-13(26)12-17(15-8-4-6-10-19(15)31-2)23(16)20(27)24-22(29)25-21(23)28/h3-10,16-17H,11-12H2,1-2H3,(H2,24,25,27,28,29). The fraction of sp³-hybridized carbons (Fsp3) is 0.304. The van der Waals surface area contributed by atoms with Gasteiger partial charge in [-0.15, -0.1) is 0 Å². The molecule has 2 N–H and O–H groups in total. The van der Waals surface area contributed by atoms with E-state index in [-0.39, 0.29) is 18.6 Å². The zero-order valence-electron chi connectivity index (χ0n) is 17.1. The topological polar surface area (TPSA) is 111 Å². The van der Waals surface area contributed by atoms with Crippen LogP contribution in [0.3, 0.4) is 0 Å². The quantitative estimate of drug-likeness (QED) is 0.732. The molecule has 1 saturated heterocycles. The maximum absolute atomic E-state index is 13.5. The fourth-order valence-corrected chi connectivity index (χ4v) is 4.90. The molecule has 31 heavy (non-hydrogen) atoms. The van der Waals surface area contributed by atoms with Crippen molar-refractivity contribution >= 4 is 23.6 Å². The van der Waals surface area contributed by atoms with Gasteiger partial charge in [-0.05, 0) is 23.3 Å². The van der Waals surface area contributed by atoms with Crippen molar-refractivity contribution in [2.45, 2.75) is 24.7 Å². The van der Waals surface area contributed by atoms with Gasteiger partial charge in [0.2, 0.25) is 11.8 Å². The molecule has 2 unspecified atom stereocenters. The second-order valence-electron chi connectivity index (χ2n) is 7.64. The molecule has 0 bridgehead atoms. The largest absolute Gasteiger partial charge is 0.496 e. The number of para-hydroxylation sites is 2. The van der Waals surface area contributed by atoms with Crippen LogP contribution in [-0.2, 0) is 14.4 Å². The minimum absolute atomic E-state index is 0.0406. The third-order valence-corrected chi connectivity index (χ3v) is 6.20. The van der Waals surface area contributed by atoms with Crippen LogP contribution < -0.4 is 20.1 Å². The predicted octanol–water partition coefficient (Wildman–Crippen LogP) is 2.29. The van der Waals surface area contributed by atoms with Gasteiger partial charge in [0, 0.05) is 24.7 Å². The highest BCUT2D eigenvalue weighted by atomic mass is 16.5. The first-order chi connectivity index (χ1) is 14.9. The van der Waals surface area contributed by atoms with Crippen molar-refractivity contribution < 1.29 is 28.7 Å². The number of imide groups is 2. The Morgan fingerprint density at radius 1 is 0.742 bits per heavy atom. The lowest BCUT2D eigenvalue weighted by atomic mass is 9.54. The van der Waals surface area contributed by atoms with Crippen LogP contribution in [-0.4, -0.2) is 37.8 Å². The van der Waals surface area contributed by atoms with Crippen molar-refractivity contribution in [1.82, 2.24) is 10.6 Å². The van der Waals surface area contributed by atoms with Crippen LogP contribution in [0, 0.1) is 5.41 Å². The van der Waals surface area contributed by atoms with Gasteiger partial charge in [-0.1, -0.05) is 36.4 Å². The number of ketones is 1. The van der Waals surface area contributed by atoms with Crippen LogP contribution in [0.5, 0.6) is 11.5 Å². The van der Waals surface area contributed by atoms with Crippen LogP contribution in [0.4, 0.5) is 4.79 Å². The molecule has 2 atom stereocenters. The van der Waals surface area contributed by atoms with Gasteiger partial charge in [0.25, 0.3) is 0 Å². The van der Waals surface area contributed by atoms with Crippen molar-refractivity contribution in [3.05, 3.63) is 59.7 Å². The van der Waals surface area contributed by atoms with Gasteiger partial charge in [0.1, 0.15) is 22.7 Å². The maximum atomic E-state index is 13.5. The van der Waals surface area contributed by atoms with Gasteiger partial charge in [0.15, 0.2) is 0 Å².